The number of nitrogen functional groups attached to an aromatic ring is 1. The molecule has 0 aliphatic carbocycles. The van der Waals surface area contributed by atoms with Gasteiger partial charge in [-0.3, -0.25) is 0 Å². The summed E-state index contributed by atoms with van der Waals surface area (Å²) in [5.41, 5.74) is 5.40. The van der Waals surface area contributed by atoms with Crippen molar-refractivity contribution in [2.24, 2.45) is 0 Å². The zero-order valence-corrected chi connectivity index (χ0v) is 13.7. The lowest BCUT2D eigenvalue weighted by Crippen LogP contribution is -2.43. The Bertz CT molecular complexity index is 478. The van der Waals surface area contributed by atoms with Crippen molar-refractivity contribution < 1.29 is 9.53 Å². The average Bonchev–Trinajstić information content (AvgIpc) is 2.21. The maximum atomic E-state index is 12.3. The fourth-order valence-corrected chi connectivity index (χ4v) is 2.19. The van der Waals surface area contributed by atoms with Gasteiger partial charge in [-0.15, -0.1) is 0 Å². The SMILES string of the molecule is CC(C)(C)OC(=O)N(Sc1cc(N)ccn1)C(C)(C)C. The Morgan fingerprint density at radius 2 is 1.90 bits per heavy atom. The van der Waals surface area contributed by atoms with E-state index in [2.05, 4.69) is 4.98 Å². The largest absolute Gasteiger partial charge is 0.443 e. The Labute approximate surface area is 125 Å². The fraction of sp³-hybridized carbons (Fsp3) is 0.571. The highest BCUT2D eigenvalue weighted by atomic mass is 32.2. The van der Waals surface area contributed by atoms with Crippen molar-refractivity contribution in [3.8, 4) is 0 Å². The van der Waals surface area contributed by atoms with Crippen molar-refractivity contribution in [2.45, 2.75) is 57.7 Å². The van der Waals surface area contributed by atoms with Gasteiger partial charge in [0.1, 0.15) is 10.6 Å². The first-order valence-corrected chi connectivity index (χ1v) is 7.19. The second-order valence-electron chi connectivity index (χ2n) is 6.46. The molecular weight excluding hydrogens is 274 g/mol. The van der Waals surface area contributed by atoms with Crippen molar-refractivity contribution in [2.75, 3.05) is 5.73 Å². The molecule has 0 fully saturated rings. The quantitative estimate of drug-likeness (QED) is 0.843. The number of nitrogens with two attached hydrogens (primary N) is 1. The van der Waals surface area contributed by atoms with Gasteiger partial charge in [0.25, 0.3) is 0 Å². The standard InChI is InChI=1S/C14H23N3O2S/c1-13(2,3)17(12(18)19-14(4,5)6)20-11-9-10(15)7-8-16-11/h7-9H,1-6H3,(H2,15,16). The molecule has 0 aromatic carbocycles. The minimum absolute atomic E-state index is 0.390. The average molecular weight is 297 g/mol. The lowest BCUT2D eigenvalue weighted by atomic mass is 10.1. The molecule has 0 unspecified atom stereocenters. The molecule has 1 amide bonds. The Morgan fingerprint density at radius 3 is 2.35 bits per heavy atom. The molecule has 1 rings (SSSR count). The summed E-state index contributed by atoms with van der Waals surface area (Å²) in [7, 11) is 0. The molecule has 1 aromatic heterocycles. The van der Waals surface area contributed by atoms with Gasteiger partial charge >= 0.3 is 6.09 Å². The molecule has 0 aliphatic heterocycles. The third-order valence-electron chi connectivity index (χ3n) is 2.11. The summed E-state index contributed by atoms with van der Waals surface area (Å²) in [6.45, 7) is 11.3. The topological polar surface area (TPSA) is 68.5 Å². The maximum absolute atomic E-state index is 12.3. The van der Waals surface area contributed by atoms with Crippen LogP contribution in [-0.2, 0) is 4.74 Å². The van der Waals surface area contributed by atoms with Crippen LogP contribution in [-0.4, -0.2) is 26.5 Å². The number of hydrogen-bond donors (Lipinski definition) is 1. The monoisotopic (exact) mass is 297 g/mol. The minimum Gasteiger partial charge on any atom is -0.443 e. The number of nitrogens with zero attached hydrogens (tertiary/aromatic N) is 2. The van der Waals surface area contributed by atoms with Gasteiger partial charge in [-0.2, -0.15) is 0 Å². The van der Waals surface area contributed by atoms with E-state index in [9.17, 15) is 4.79 Å². The van der Waals surface area contributed by atoms with E-state index in [1.165, 1.54) is 11.9 Å². The summed E-state index contributed by atoms with van der Waals surface area (Å²) in [5.74, 6) is 0. The third kappa shape index (κ3) is 5.28. The molecular formula is C14H23N3O2S. The predicted molar refractivity (Wildman–Crippen MR) is 82.3 cm³/mol. The van der Waals surface area contributed by atoms with Gasteiger partial charge in [-0.1, -0.05) is 0 Å². The van der Waals surface area contributed by atoms with E-state index in [-0.39, 0.29) is 6.09 Å². The van der Waals surface area contributed by atoms with E-state index in [4.69, 9.17) is 10.5 Å². The number of carbonyl (C=O) groups is 1. The molecule has 0 spiro atoms. The van der Waals surface area contributed by atoms with Crippen molar-refractivity contribution in [1.82, 2.24) is 9.29 Å². The first kappa shape index (κ1) is 16.6. The van der Waals surface area contributed by atoms with Crippen LogP contribution in [0.15, 0.2) is 23.4 Å². The molecule has 0 saturated carbocycles. The van der Waals surface area contributed by atoms with Crippen LogP contribution in [0.4, 0.5) is 10.5 Å². The smallest absolute Gasteiger partial charge is 0.421 e. The van der Waals surface area contributed by atoms with Gasteiger partial charge in [0, 0.05) is 29.4 Å². The van der Waals surface area contributed by atoms with Crippen LogP contribution in [0, 0.1) is 0 Å². The van der Waals surface area contributed by atoms with E-state index in [0.717, 1.165) is 0 Å². The lowest BCUT2D eigenvalue weighted by Gasteiger charge is -2.35. The number of anilines is 1. The van der Waals surface area contributed by atoms with Crippen molar-refractivity contribution in [3.63, 3.8) is 0 Å². The van der Waals surface area contributed by atoms with Gasteiger partial charge in [-0.25, -0.2) is 14.1 Å². The highest BCUT2D eigenvalue weighted by Crippen LogP contribution is 2.31. The first-order valence-electron chi connectivity index (χ1n) is 6.42. The number of aromatic nitrogens is 1. The Kier molecular flexibility index (Phi) is 4.91. The van der Waals surface area contributed by atoms with Crippen LogP contribution in [0.5, 0.6) is 0 Å². The third-order valence-corrected chi connectivity index (χ3v) is 3.40. The molecule has 0 atom stereocenters. The molecule has 112 valence electrons. The number of amides is 1. The van der Waals surface area contributed by atoms with Crippen molar-refractivity contribution in [1.29, 1.82) is 0 Å². The molecule has 0 aliphatic rings. The molecule has 1 heterocycles. The van der Waals surface area contributed by atoms with Crippen LogP contribution in [0.2, 0.25) is 0 Å². The summed E-state index contributed by atoms with van der Waals surface area (Å²) in [4.78, 5) is 16.5. The van der Waals surface area contributed by atoms with Gasteiger partial charge < -0.3 is 10.5 Å². The van der Waals surface area contributed by atoms with E-state index in [1.807, 2.05) is 41.5 Å². The molecule has 20 heavy (non-hydrogen) atoms. The van der Waals surface area contributed by atoms with E-state index in [0.29, 0.717) is 10.7 Å². The molecule has 0 saturated heterocycles. The van der Waals surface area contributed by atoms with Gasteiger partial charge in [0.15, 0.2) is 0 Å². The molecule has 5 nitrogen and oxygen atoms in total. The summed E-state index contributed by atoms with van der Waals surface area (Å²) >= 11 is 1.23. The minimum atomic E-state index is -0.537. The zero-order chi connectivity index (χ0) is 15.6. The predicted octanol–water partition coefficient (Wildman–Crippen LogP) is 3.71. The normalized spacial score (nSPS) is 12.1. The molecule has 0 bridgehead atoms. The molecule has 2 N–H and O–H groups in total. The van der Waals surface area contributed by atoms with Crippen LogP contribution in [0.3, 0.4) is 0 Å². The Morgan fingerprint density at radius 1 is 1.30 bits per heavy atom. The summed E-state index contributed by atoms with van der Waals surface area (Å²) in [6, 6.07) is 3.44. The Balaban J connectivity index is 2.94. The number of pyridine rings is 1. The zero-order valence-electron chi connectivity index (χ0n) is 12.9. The van der Waals surface area contributed by atoms with Crippen LogP contribution >= 0.6 is 11.9 Å². The summed E-state index contributed by atoms with van der Waals surface area (Å²) in [5, 5.41) is 0.658. The highest BCUT2D eigenvalue weighted by Gasteiger charge is 2.32. The second kappa shape index (κ2) is 5.91. The van der Waals surface area contributed by atoms with Gasteiger partial charge in [0.2, 0.25) is 0 Å². The lowest BCUT2D eigenvalue weighted by molar-refractivity contribution is 0.0303. The molecule has 6 heteroatoms. The summed E-state index contributed by atoms with van der Waals surface area (Å²) in [6.07, 6.45) is 1.23. The van der Waals surface area contributed by atoms with Gasteiger partial charge in [0.05, 0.1) is 0 Å². The maximum Gasteiger partial charge on any atom is 0.421 e. The van der Waals surface area contributed by atoms with Crippen molar-refractivity contribution >= 4 is 23.7 Å². The highest BCUT2D eigenvalue weighted by molar-refractivity contribution is 7.97. The van der Waals surface area contributed by atoms with E-state index >= 15 is 0 Å². The van der Waals surface area contributed by atoms with Crippen LogP contribution < -0.4 is 5.73 Å². The summed E-state index contributed by atoms with van der Waals surface area (Å²) < 4.78 is 7.01. The number of ether oxygens (including phenoxy) is 1. The molecule has 1 aromatic rings. The second-order valence-corrected chi connectivity index (χ2v) is 7.43. The van der Waals surface area contributed by atoms with Gasteiger partial charge in [-0.05, 0) is 53.7 Å². The van der Waals surface area contributed by atoms with E-state index in [1.54, 1.807) is 22.6 Å². The van der Waals surface area contributed by atoms with E-state index < -0.39 is 11.1 Å². The fourth-order valence-electron chi connectivity index (χ4n) is 1.32. The van der Waals surface area contributed by atoms with Crippen molar-refractivity contribution in [3.05, 3.63) is 18.3 Å². The Hall–Kier alpha value is -1.43. The van der Waals surface area contributed by atoms with Crippen LogP contribution in [0.25, 0.3) is 0 Å². The number of carbonyl (C=O) groups excluding carboxylic acids is 1. The molecule has 0 radical (unpaired) electrons. The number of hydrogen-bond acceptors (Lipinski definition) is 5. The first-order chi connectivity index (χ1) is 8.99. The van der Waals surface area contributed by atoms with Crippen LogP contribution in [0.1, 0.15) is 41.5 Å². The number of rotatable bonds is 2.